The Balaban J connectivity index is 4.16. The second-order valence-electron chi connectivity index (χ2n) is 16.2. The Hall–Kier alpha value is -1.29. The van der Waals surface area contributed by atoms with Gasteiger partial charge in [0.15, 0.2) is 6.10 Å². The number of ether oxygens (including phenoxy) is 2. The average Bonchev–Trinajstić information content (AvgIpc) is 3.20. The number of unbranched alkanes of at least 4 members (excludes halogenated alkanes) is 31. The highest BCUT2D eigenvalue weighted by molar-refractivity contribution is 7.47. The van der Waals surface area contributed by atoms with E-state index in [1.54, 1.807) is 0 Å². The van der Waals surface area contributed by atoms with Crippen LogP contribution in [0, 0.1) is 0 Å². The number of esters is 2. The third-order valence-corrected chi connectivity index (χ3v) is 11.5. The maximum Gasteiger partial charge on any atom is 0.472 e. The first-order valence-electron chi connectivity index (χ1n) is 23.6. The van der Waals surface area contributed by atoms with E-state index >= 15 is 0 Å². The summed E-state index contributed by atoms with van der Waals surface area (Å²) in [5.41, 5.74) is 0. The average molecular weight is 833 g/mol. The monoisotopic (exact) mass is 833 g/mol. The molecular weight excluding hydrogens is 743 g/mol. The molecule has 0 amide bonds. The minimum Gasteiger partial charge on any atom is -0.462 e. The predicted molar refractivity (Wildman–Crippen MR) is 233 cm³/mol. The van der Waals surface area contributed by atoms with Gasteiger partial charge in [0.1, 0.15) is 12.7 Å². The van der Waals surface area contributed by atoms with E-state index in [1.807, 2.05) is 6.08 Å². The second-order valence-corrected chi connectivity index (χ2v) is 17.7. The minimum atomic E-state index is -4.61. The first-order valence-corrected chi connectivity index (χ1v) is 25.1. The zero-order valence-corrected chi connectivity index (χ0v) is 37.6. The van der Waals surface area contributed by atoms with Gasteiger partial charge in [0, 0.05) is 12.8 Å². The molecule has 11 heteroatoms. The Morgan fingerprint density at radius 1 is 0.544 bits per heavy atom. The lowest BCUT2D eigenvalue weighted by Gasteiger charge is -2.20. The van der Waals surface area contributed by atoms with Crippen LogP contribution in [-0.4, -0.2) is 65.7 Å². The van der Waals surface area contributed by atoms with Crippen LogP contribution in [0.3, 0.4) is 0 Å². The zero-order chi connectivity index (χ0) is 41.9. The van der Waals surface area contributed by atoms with Crippen LogP contribution < -0.4 is 0 Å². The van der Waals surface area contributed by atoms with E-state index in [-0.39, 0.29) is 19.4 Å². The largest absolute Gasteiger partial charge is 0.472 e. The molecule has 0 heterocycles. The van der Waals surface area contributed by atoms with Gasteiger partial charge in [-0.25, -0.2) is 4.57 Å². The Bertz CT molecular complexity index is 948. The molecule has 57 heavy (non-hydrogen) atoms. The van der Waals surface area contributed by atoms with Crippen molar-refractivity contribution in [1.82, 2.24) is 0 Å². The van der Waals surface area contributed by atoms with Gasteiger partial charge in [-0.15, -0.1) is 6.58 Å². The molecule has 338 valence electrons. The fourth-order valence-electron chi connectivity index (χ4n) is 6.92. The standard InChI is InChI=1S/C46H89O10P/c1-3-5-7-9-11-13-15-17-19-20-21-22-24-25-27-29-31-33-35-37-45(49)53-41-44(42-55-57(51,52)54-40-43(48)39-47)56-46(50)38-36-34-32-30-28-26-23-18-16-14-12-10-8-6-4-2/h4,43-44,47-48H,2-3,5-42H2,1H3,(H,51,52)/t43-,44+/m0/s1. The third kappa shape index (κ3) is 42.6. The highest BCUT2D eigenvalue weighted by atomic mass is 31.2. The highest BCUT2D eigenvalue weighted by Gasteiger charge is 2.27. The molecule has 3 N–H and O–H groups in total. The molecule has 0 radical (unpaired) electrons. The molecule has 0 aliphatic rings. The third-order valence-electron chi connectivity index (χ3n) is 10.6. The molecule has 0 saturated carbocycles. The van der Waals surface area contributed by atoms with Gasteiger partial charge in [-0.3, -0.25) is 18.6 Å². The summed E-state index contributed by atoms with van der Waals surface area (Å²) in [5.74, 6) is -0.913. The van der Waals surface area contributed by atoms with Crippen molar-refractivity contribution in [2.24, 2.45) is 0 Å². The lowest BCUT2D eigenvalue weighted by Crippen LogP contribution is -2.29. The first kappa shape index (κ1) is 55.7. The number of aliphatic hydroxyl groups excluding tert-OH is 2. The van der Waals surface area contributed by atoms with Crippen molar-refractivity contribution in [3.63, 3.8) is 0 Å². The van der Waals surface area contributed by atoms with Crippen LogP contribution in [-0.2, 0) is 32.7 Å². The summed E-state index contributed by atoms with van der Waals surface area (Å²) in [4.78, 5) is 35.1. The van der Waals surface area contributed by atoms with Crippen molar-refractivity contribution in [3.8, 4) is 0 Å². The number of rotatable bonds is 46. The van der Waals surface area contributed by atoms with Gasteiger partial charge in [-0.2, -0.15) is 0 Å². The normalized spacial score (nSPS) is 13.6. The van der Waals surface area contributed by atoms with Gasteiger partial charge < -0.3 is 24.6 Å². The van der Waals surface area contributed by atoms with Crippen LogP contribution in [0.2, 0.25) is 0 Å². The summed E-state index contributed by atoms with van der Waals surface area (Å²) < 4.78 is 32.8. The van der Waals surface area contributed by atoms with Gasteiger partial charge in [-0.05, 0) is 25.7 Å². The Kier molecular flexibility index (Phi) is 41.9. The predicted octanol–water partition coefficient (Wildman–Crippen LogP) is 12.8. The molecule has 0 bridgehead atoms. The molecule has 10 nitrogen and oxygen atoms in total. The number of phosphoric ester groups is 1. The fourth-order valence-corrected chi connectivity index (χ4v) is 7.71. The summed E-state index contributed by atoms with van der Waals surface area (Å²) >= 11 is 0. The summed E-state index contributed by atoms with van der Waals surface area (Å²) in [6.07, 6.45) is 40.7. The number of aliphatic hydroxyl groups is 2. The zero-order valence-electron chi connectivity index (χ0n) is 36.7. The van der Waals surface area contributed by atoms with Crippen molar-refractivity contribution < 1.29 is 47.8 Å². The van der Waals surface area contributed by atoms with Crippen molar-refractivity contribution in [1.29, 1.82) is 0 Å². The molecule has 0 aromatic rings. The molecule has 0 aliphatic heterocycles. The molecule has 0 spiro atoms. The van der Waals surface area contributed by atoms with Crippen LogP contribution in [0.4, 0.5) is 0 Å². The maximum atomic E-state index is 12.6. The Labute approximate surface area is 349 Å². The Morgan fingerprint density at radius 3 is 1.28 bits per heavy atom. The van der Waals surface area contributed by atoms with Crippen LogP contribution in [0.5, 0.6) is 0 Å². The summed E-state index contributed by atoms with van der Waals surface area (Å²) in [5, 5.41) is 18.4. The van der Waals surface area contributed by atoms with Crippen molar-refractivity contribution >= 4 is 19.8 Å². The van der Waals surface area contributed by atoms with Crippen molar-refractivity contribution in [2.75, 3.05) is 26.4 Å². The fraction of sp³-hybridized carbons (Fsp3) is 0.913. The molecule has 3 atom stereocenters. The lowest BCUT2D eigenvalue weighted by molar-refractivity contribution is -0.161. The van der Waals surface area contributed by atoms with Crippen molar-refractivity contribution in [3.05, 3.63) is 12.7 Å². The van der Waals surface area contributed by atoms with Gasteiger partial charge in [0.25, 0.3) is 0 Å². The minimum absolute atomic E-state index is 0.187. The number of allylic oxidation sites excluding steroid dienone is 1. The van der Waals surface area contributed by atoms with Gasteiger partial charge in [0.05, 0.1) is 19.8 Å². The van der Waals surface area contributed by atoms with E-state index in [9.17, 15) is 24.2 Å². The number of phosphoric acid groups is 1. The van der Waals surface area contributed by atoms with Crippen LogP contribution in [0.15, 0.2) is 12.7 Å². The molecule has 0 saturated heterocycles. The van der Waals surface area contributed by atoms with E-state index in [2.05, 4.69) is 13.5 Å². The molecule has 1 unspecified atom stereocenters. The van der Waals surface area contributed by atoms with E-state index in [1.165, 1.54) is 161 Å². The van der Waals surface area contributed by atoms with Crippen LogP contribution in [0.25, 0.3) is 0 Å². The molecule has 0 aromatic carbocycles. The van der Waals surface area contributed by atoms with E-state index in [0.717, 1.165) is 38.5 Å². The Morgan fingerprint density at radius 2 is 0.895 bits per heavy atom. The molecule has 0 aliphatic carbocycles. The number of carbonyl (C=O) groups excluding carboxylic acids is 2. The maximum absolute atomic E-state index is 12.6. The molecule has 0 rings (SSSR count). The summed E-state index contributed by atoms with van der Waals surface area (Å²) in [6.45, 7) is 3.95. The number of hydrogen-bond donors (Lipinski definition) is 3. The topological polar surface area (TPSA) is 149 Å². The van der Waals surface area contributed by atoms with Crippen LogP contribution >= 0.6 is 7.82 Å². The highest BCUT2D eigenvalue weighted by Crippen LogP contribution is 2.43. The number of carbonyl (C=O) groups is 2. The second kappa shape index (κ2) is 42.8. The quantitative estimate of drug-likeness (QED) is 0.0234. The summed E-state index contributed by atoms with van der Waals surface area (Å²) in [7, 11) is -4.61. The van der Waals surface area contributed by atoms with Crippen molar-refractivity contribution in [2.45, 2.75) is 244 Å². The SMILES string of the molecule is C=CCCCCCCCCCCCCCCCC(=O)O[C@H](COC(=O)CCCCCCCCCCCCCCCCCCCCC)COP(=O)(O)OC[C@@H](O)CO. The van der Waals surface area contributed by atoms with E-state index in [0.29, 0.717) is 12.8 Å². The first-order chi connectivity index (χ1) is 27.7. The van der Waals surface area contributed by atoms with Gasteiger partial charge in [0.2, 0.25) is 0 Å². The lowest BCUT2D eigenvalue weighted by atomic mass is 10.0. The molecule has 0 fully saturated rings. The van der Waals surface area contributed by atoms with E-state index in [4.69, 9.17) is 23.6 Å². The van der Waals surface area contributed by atoms with E-state index < -0.39 is 51.8 Å². The van der Waals surface area contributed by atoms with Gasteiger partial charge >= 0.3 is 19.8 Å². The number of hydrogen-bond acceptors (Lipinski definition) is 9. The van der Waals surface area contributed by atoms with Gasteiger partial charge in [-0.1, -0.05) is 199 Å². The molecule has 0 aromatic heterocycles. The smallest absolute Gasteiger partial charge is 0.462 e. The molecular formula is C46H89O10P. The summed E-state index contributed by atoms with van der Waals surface area (Å²) in [6, 6.07) is 0. The van der Waals surface area contributed by atoms with Crippen LogP contribution in [0.1, 0.15) is 232 Å².